The third-order valence-corrected chi connectivity index (χ3v) is 5.79. The topological polar surface area (TPSA) is 60.4 Å². The molecule has 1 aliphatic heterocycles. The van der Waals surface area contributed by atoms with Crippen LogP contribution >= 0.6 is 0 Å². The molecule has 0 aromatic heterocycles. The first-order valence-electron chi connectivity index (χ1n) is 7.33. The predicted octanol–water partition coefficient (Wildman–Crippen LogP) is 3.13. The number of hydrogen-bond acceptors (Lipinski definition) is 4. The van der Waals surface area contributed by atoms with Crippen LogP contribution in [0.3, 0.4) is 0 Å². The molecular formula is C18H16O4S. The Kier molecular flexibility index (Phi) is 4.05. The molecule has 0 radical (unpaired) electrons. The maximum absolute atomic E-state index is 13.0. The fourth-order valence-electron chi connectivity index (χ4n) is 2.74. The molecule has 5 heteroatoms. The monoisotopic (exact) mass is 328 g/mol. The van der Waals surface area contributed by atoms with E-state index in [4.69, 9.17) is 4.74 Å². The minimum atomic E-state index is -3.85. The number of Topliss-reactive ketones (excluding diaryl/α,β-unsaturated/α-hetero) is 1. The second-order valence-corrected chi connectivity index (χ2v) is 7.13. The molecule has 0 N–H and O–H groups in total. The highest BCUT2D eigenvalue weighted by Gasteiger charge is 2.49. The summed E-state index contributed by atoms with van der Waals surface area (Å²) in [5.41, 5.74) is 0.934. The average molecular weight is 328 g/mol. The van der Waals surface area contributed by atoms with E-state index in [9.17, 15) is 13.2 Å². The number of carbonyl (C=O) groups is 1. The molecule has 1 unspecified atom stereocenters. The van der Waals surface area contributed by atoms with Gasteiger partial charge in [0.15, 0.2) is 20.8 Å². The van der Waals surface area contributed by atoms with E-state index in [0.717, 1.165) is 0 Å². The van der Waals surface area contributed by atoms with Crippen molar-refractivity contribution in [1.29, 1.82) is 0 Å². The molecule has 2 aromatic rings. The number of benzene rings is 2. The van der Waals surface area contributed by atoms with Crippen LogP contribution in [0.5, 0.6) is 0 Å². The molecule has 0 aliphatic carbocycles. The van der Waals surface area contributed by atoms with E-state index in [1.807, 2.05) is 0 Å². The van der Waals surface area contributed by atoms with Crippen LogP contribution in [-0.4, -0.2) is 20.8 Å². The Hall–Kier alpha value is -2.40. The third-order valence-electron chi connectivity index (χ3n) is 3.69. The van der Waals surface area contributed by atoms with Gasteiger partial charge in [0.1, 0.15) is 4.91 Å². The van der Waals surface area contributed by atoms with E-state index in [1.165, 1.54) is 0 Å². The standard InChI is InChI=1S/C18H16O4S/c1-2-22-16-15(19)17(13-9-5-3-6-10-13)23(20,21)18(16)14-11-7-4-8-12-14/h3-12,17H,2H2,1H3. The quantitative estimate of drug-likeness (QED) is 0.865. The third kappa shape index (κ3) is 2.57. The van der Waals surface area contributed by atoms with Crippen molar-refractivity contribution in [2.45, 2.75) is 12.2 Å². The summed E-state index contributed by atoms with van der Waals surface area (Å²) in [5.74, 6) is -0.565. The SMILES string of the molecule is CCOC1=C(c2ccccc2)S(=O)(=O)C(c2ccccc2)C1=O. The van der Waals surface area contributed by atoms with Gasteiger partial charge in [0.05, 0.1) is 6.61 Å². The Bertz CT molecular complexity index is 852. The van der Waals surface area contributed by atoms with Crippen molar-refractivity contribution >= 4 is 20.5 Å². The first-order valence-corrected chi connectivity index (χ1v) is 8.87. The Balaban J connectivity index is 2.21. The number of ether oxygens (including phenoxy) is 1. The molecular weight excluding hydrogens is 312 g/mol. The van der Waals surface area contributed by atoms with Gasteiger partial charge in [-0.3, -0.25) is 4.79 Å². The lowest BCUT2D eigenvalue weighted by molar-refractivity contribution is -0.118. The van der Waals surface area contributed by atoms with Gasteiger partial charge in [-0.05, 0) is 18.1 Å². The van der Waals surface area contributed by atoms with Crippen molar-refractivity contribution in [2.24, 2.45) is 0 Å². The number of ketones is 1. The lowest BCUT2D eigenvalue weighted by atomic mass is 10.1. The number of allylic oxidation sites excluding steroid dienone is 1. The second kappa shape index (κ2) is 6.01. The average Bonchev–Trinajstić information content (AvgIpc) is 2.75. The number of sulfone groups is 1. The van der Waals surface area contributed by atoms with Crippen LogP contribution in [0.15, 0.2) is 66.4 Å². The van der Waals surface area contributed by atoms with Crippen LogP contribution < -0.4 is 0 Å². The fraction of sp³-hybridized carbons (Fsp3) is 0.167. The van der Waals surface area contributed by atoms with Gasteiger partial charge in [0, 0.05) is 0 Å². The number of hydrogen-bond donors (Lipinski definition) is 0. The van der Waals surface area contributed by atoms with Crippen LogP contribution in [0.1, 0.15) is 23.3 Å². The highest BCUT2D eigenvalue weighted by molar-refractivity contribution is 8.02. The van der Waals surface area contributed by atoms with Crippen LogP contribution in [0.25, 0.3) is 4.91 Å². The molecule has 1 heterocycles. The van der Waals surface area contributed by atoms with Crippen molar-refractivity contribution < 1.29 is 17.9 Å². The fourth-order valence-corrected chi connectivity index (χ4v) is 4.77. The van der Waals surface area contributed by atoms with Gasteiger partial charge in [-0.1, -0.05) is 60.7 Å². The van der Waals surface area contributed by atoms with Crippen LogP contribution in [0, 0.1) is 0 Å². The molecule has 1 atom stereocenters. The summed E-state index contributed by atoms with van der Waals surface area (Å²) in [6.45, 7) is 1.96. The maximum atomic E-state index is 13.0. The van der Waals surface area contributed by atoms with Gasteiger partial charge in [-0.2, -0.15) is 0 Å². The molecule has 118 valence electrons. The summed E-state index contributed by atoms with van der Waals surface area (Å²) >= 11 is 0. The summed E-state index contributed by atoms with van der Waals surface area (Å²) in [7, 11) is -3.85. The Morgan fingerprint density at radius 3 is 2.09 bits per heavy atom. The Morgan fingerprint density at radius 2 is 1.52 bits per heavy atom. The van der Waals surface area contributed by atoms with Gasteiger partial charge in [-0.15, -0.1) is 0 Å². The minimum Gasteiger partial charge on any atom is -0.489 e. The normalized spacial score (nSPS) is 19.9. The molecule has 1 aliphatic rings. The summed E-state index contributed by atoms with van der Waals surface area (Å²) in [6.07, 6.45) is 0. The molecule has 0 bridgehead atoms. The van der Waals surface area contributed by atoms with Crippen molar-refractivity contribution in [3.63, 3.8) is 0 Å². The molecule has 0 spiro atoms. The van der Waals surface area contributed by atoms with Crippen molar-refractivity contribution in [3.8, 4) is 0 Å². The zero-order valence-electron chi connectivity index (χ0n) is 12.6. The molecule has 0 saturated heterocycles. The zero-order chi connectivity index (χ0) is 16.4. The lowest BCUT2D eigenvalue weighted by Gasteiger charge is -2.10. The van der Waals surface area contributed by atoms with Crippen LogP contribution in [0.2, 0.25) is 0 Å². The van der Waals surface area contributed by atoms with E-state index in [0.29, 0.717) is 11.1 Å². The molecule has 4 nitrogen and oxygen atoms in total. The van der Waals surface area contributed by atoms with E-state index >= 15 is 0 Å². The highest BCUT2D eigenvalue weighted by Crippen LogP contribution is 2.44. The minimum absolute atomic E-state index is 0.0150. The molecule has 3 rings (SSSR count). The number of rotatable bonds is 4. The summed E-state index contributed by atoms with van der Waals surface area (Å²) in [6, 6.07) is 17.1. The van der Waals surface area contributed by atoms with Crippen LogP contribution in [-0.2, 0) is 19.4 Å². The van der Waals surface area contributed by atoms with Gasteiger partial charge in [-0.25, -0.2) is 8.42 Å². The van der Waals surface area contributed by atoms with Gasteiger partial charge in [0.2, 0.25) is 5.78 Å². The van der Waals surface area contributed by atoms with E-state index in [1.54, 1.807) is 67.6 Å². The van der Waals surface area contributed by atoms with Crippen molar-refractivity contribution in [1.82, 2.24) is 0 Å². The molecule has 2 aromatic carbocycles. The molecule has 0 saturated carbocycles. The van der Waals surface area contributed by atoms with E-state index in [-0.39, 0.29) is 17.3 Å². The van der Waals surface area contributed by atoms with Crippen LogP contribution in [0.4, 0.5) is 0 Å². The molecule has 0 fully saturated rings. The number of carbonyl (C=O) groups excluding carboxylic acids is 1. The smallest absolute Gasteiger partial charge is 0.221 e. The van der Waals surface area contributed by atoms with Gasteiger partial charge in [0.25, 0.3) is 0 Å². The Labute approximate surface area is 135 Å². The van der Waals surface area contributed by atoms with E-state index in [2.05, 4.69) is 0 Å². The second-order valence-electron chi connectivity index (χ2n) is 5.16. The van der Waals surface area contributed by atoms with Crippen molar-refractivity contribution in [2.75, 3.05) is 6.61 Å². The summed E-state index contributed by atoms with van der Waals surface area (Å²) in [5, 5.41) is -1.24. The predicted molar refractivity (Wildman–Crippen MR) is 88.1 cm³/mol. The lowest BCUT2D eigenvalue weighted by Crippen LogP contribution is -2.16. The first-order chi connectivity index (χ1) is 11.1. The van der Waals surface area contributed by atoms with E-state index < -0.39 is 20.9 Å². The van der Waals surface area contributed by atoms with Crippen molar-refractivity contribution in [3.05, 3.63) is 77.5 Å². The molecule has 0 amide bonds. The zero-order valence-corrected chi connectivity index (χ0v) is 13.4. The van der Waals surface area contributed by atoms with Gasteiger partial charge >= 0.3 is 0 Å². The summed E-state index contributed by atoms with van der Waals surface area (Å²) in [4.78, 5) is 12.7. The largest absolute Gasteiger partial charge is 0.489 e. The molecule has 23 heavy (non-hydrogen) atoms. The Morgan fingerprint density at radius 1 is 0.957 bits per heavy atom. The first kappa shape index (κ1) is 15.5. The highest BCUT2D eigenvalue weighted by atomic mass is 32.2. The van der Waals surface area contributed by atoms with Gasteiger partial charge < -0.3 is 4.74 Å². The maximum Gasteiger partial charge on any atom is 0.221 e. The summed E-state index contributed by atoms with van der Waals surface area (Å²) < 4.78 is 31.5.